The average Bonchev–Trinajstić information content (AvgIpc) is 2.22. The van der Waals surface area contributed by atoms with E-state index < -0.39 is 0 Å². The van der Waals surface area contributed by atoms with E-state index in [9.17, 15) is 0 Å². The smallest absolute Gasteiger partial charge is 0.0229 e. The van der Waals surface area contributed by atoms with Crippen LogP contribution in [-0.2, 0) is 0 Å². The predicted molar refractivity (Wildman–Crippen MR) is 71.1 cm³/mol. The molecule has 15 heavy (non-hydrogen) atoms. The molecule has 0 saturated heterocycles. The van der Waals surface area contributed by atoms with Gasteiger partial charge >= 0.3 is 0 Å². The number of unbranched alkanes of at least 4 members (excludes halogenated alkanes) is 1. The number of allylic oxidation sites excluding steroid dienone is 2. The minimum Gasteiger partial charge on any atom is -0.0851 e. The quantitative estimate of drug-likeness (QED) is 0.458. The zero-order valence-electron chi connectivity index (χ0n) is 11.5. The van der Waals surface area contributed by atoms with Crippen molar-refractivity contribution in [2.24, 2.45) is 11.8 Å². The summed E-state index contributed by atoms with van der Waals surface area (Å²) < 4.78 is 0. The maximum atomic E-state index is 2.47. The summed E-state index contributed by atoms with van der Waals surface area (Å²) in [6.07, 6.45) is 10.4. The Bertz CT molecular complexity index is 167. The zero-order valence-corrected chi connectivity index (χ0v) is 11.5. The van der Waals surface area contributed by atoms with Crippen LogP contribution in [0.5, 0.6) is 0 Å². The molecule has 0 amide bonds. The van der Waals surface area contributed by atoms with Crippen molar-refractivity contribution in [3.05, 3.63) is 11.6 Å². The molecular weight excluding hydrogens is 180 g/mol. The molecule has 0 heterocycles. The molecular formula is C15H30. The molecule has 0 N–H and O–H groups in total. The molecule has 2 unspecified atom stereocenters. The van der Waals surface area contributed by atoms with Gasteiger partial charge in [-0.1, -0.05) is 65.5 Å². The molecule has 0 spiro atoms. The lowest BCUT2D eigenvalue weighted by Crippen LogP contribution is -2.08. The molecule has 0 nitrogen and oxygen atoms in total. The molecule has 0 bridgehead atoms. The highest BCUT2D eigenvalue weighted by Gasteiger charge is 2.14. The maximum absolute atomic E-state index is 2.47. The van der Waals surface area contributed by atoms with Crippen molar-refractivity contribution in [3.8, 4) is 0 Å². The first-order valence-electron chi connectivity index (χ1n) is 6.87. The van der Waals surface area contributed by atoms with Gasteiger partial charge in [0.25, 0.3) is 0 Å². The molecule has 0 fully saturated rings. The normalized spacial score (nSPS) is 16.5. The van der Waals surface area contributed by atoms with Crippen molar-refractivity contribution in [2.45, 2.75) is 73.1 Å². The summed E-state index contributed by atoms with van der Waals surface area (Å²) in [4.78, 5) is 0. The zero-order chi connectivity index (χ0) is 11.7. The van der Waals surface area contributed by atoms with Gasteiger partial charge < -0.3 is 0 Å². The first-order chi connectivity index (χ1) is 7.17. The lowest BCUT2D eigenvalue weighted by molar-refractivity contribution is 0.480. The fourth-order valence-corrected chi connectivity index (χ4v) is 2.40. The maximum Gasteiger partial charge on any atom is -0.0229 e. The van der Waals surface area contributed by atoms with E-state index in [1.807, 2.05) is 0 Å². The number of hydrogen-bond acceptors (Lipinski definition) is 0. The molecule has 2 atom stereocenters. The molecule has 0 aliphatic carbocycles. The number of rotatable bonds is 8. The van der Waals surface area contributed by atoms with Gasteiger partial charge in [-0.3, -0.25) is 0 Å². The molecule has 0 aromatic carbocycles. The Morgan fingerprint density at radius 1 is 0.933 bits per heavy atom. The summed E-state index contributed by atoms with van der Waals surface area (Å²) in [7, 11) is 0. The van der Waals surface area contributed by atoms with Gasteiger partial charge in [-0.15, -0.1) is 0 Å². The van der Waals surface area contributed by atoms with E-state index in [0.29, 0.717) is 0 Å². The van der Waals surface area contributed by atoms with Crippen molar-refractivity contribution in [1.82, 2.24) is 0 Å². The predicted octanol–water partition coefficient (Wildman–Crippen LogP) is 5.59. The molecule has 0 saturated carbocycles. The van der Waals surface area contributed by atoms with Crippen molar-refractivity contribution in [1.29, 1.82) is 0 Å². The van der Waals surface area contributed by atoms with Crippen LogP contribution in [0.3, 0.4) is 0 Å². The Balaban J connectivity index is 4.30. The van der Waals surface area contributed by atoms with Gasteiger partial charge in [0.15, 0.2) is 0 Å². The van der Waals surface area contributed by atoms with Crippen LogP contribution in [0.4, 0.5) is 0 Å². The Kier molecular flexibility index (Phi) is 8.85. The Labute approximate surface area is 97.2 Å². The summed E-state index contributed by atoms with van der Waals surface area (Å²) in [6, 6.07) is 0. The van der Waals surface area contributed by atoms with Crippen LogP contribution in [0.2, 0.25) is 0 Å². The molecule has 0 aliphatic heterocycles. The monoisotopic (exact) mass is 210 g/mol. The lowest BCUT2D eigenvalue weighted by Gasteiger charge is -2.22. The summed E-state index contributed by atoms with van der Waals surface area (Å²) in [6.45, 7) is 11.6. The summed E-state index contributed by atoms with van der Waals surface area (Å²) in [5.74, 6) is 1.59. The van der Waals surface area contributed by atoms with Crippen LogP contribution in [0.25, 0.3) is 0 Å². The third kappa shape index (κ3) is 6.02. The second-order valence-corrected chi connectivity index (χ2v) is 4.85. The van der Waals surface area contributed by atoms with Crippen molar-refractivity contribution >= 4 is 0 Å². The van der Waals surface area contributed by atoms with Crippen LogP contribution in [0.1, 0.15) is 73.1 Å². The minimum absolute atomic E-state index is 0.793. The fourth-order valence-electron chi connectivity index (χ4n) is 2.40. The Morgan fingerprint density at radius 2 is 1.53 bits per heavy atom. The van der Waals surface area contributed by atoms with Crippen molar-refractivity contribution in [2.75, 3.05) is 0 Å². The second-order valence-electron chi connectivity index (χ2n) is 4.85. The third-order valence-corrected chi connectivity index (χ3v) is 3.29. The van der Waals surface area contributed by atoms with E-state index in [0.717, 1.165) is 11.8 Å². The van der Waals surface area contributed by atoms with E-state index in [4.69, 9.17) is 0 Å². The standard InChI is InChI=1S/C15H30/c1-6-9-12-14(5)15(11-8-3)13(4)10-7-2/h11,13-14H,6-10,12H2,1-5H3. The van der Waals surface area contributed by atoms with Gasteiger partial charge in [0.05, 0.1) is 0 Å². The third-order valence-electron chi connectivity index (χ3n) is 3.29. The van der Waals surface area contributed by atoms with Gasteiger partial charge in [-0.2, -0.15) is 0 Å². The molecule has 0 heteroatoms. The first kappa shape index (κ1) is 14.7. The van der Waals surface area contributed by atoms with Crippen LogP contribution in [0.15, 0.2) is 11.6 Å². The topological polar surface area (TPSA) is 0 Å². The van der Waals surface area contributed by atoms with E-state index in [1.165, 1.54) is 38.5 Å². The highest BCUT2D eigenvalue weighted by atomic mass is 14.2. The first-order valence-corrected chi connectivity index (χ1v) is 6.87. The van der Waals surface area contributed by atoms with Gasteiger partial charge in [-0.25, -0.2) is 0 Å². The van der Waals surface area contributed by atoms with Gasteiger partial charge in [0.2, 0.25) is 0 Å². The molecule has 0 aromatic rings. The van der Waals surface area contributed by atoms with Crippen LogP contribution >= 0.6 is 0 Å². The molecule has 0 aliphatic rings. The molecule has 0 rings (SSSR count). The highest BCUT2D eigenvalue weighted by Crippen LogP contribution is 2.27. The average molecular weight is 210 g/mol. The van der Waals surface area contributed by atoms with Crippen LogP contribution in [0, 0.1) is 11.8 Å². The Hall–Kier alpha value is -0.260. The lowest BCUT2D eigenvalue weighted by atomic mass is 9.84. The Morgan fingerprint density at radius 3 is 2.00 bits per heavy atom. The summed E-state index contributed by atoms with van der Waals surface area (Å²) in [5.41, 5.74) is 1.72. The number of hydrogen-bond donors (Lipinski definition) is 0. The second kappa shape index (κ2) is 9.00. The van der Waals surface area contributed by atoms with Crippen LogP contribution in [-0.4, -0.2) is 0 Å². The minimum atomic E-state index is 0.793. The largest absolute Gasteiger partial charge is 0.0851 e. The van der Waals surface area contributed by atoms with E-state index in [1.54, 1.807) is 5.57 Å². The molecule has 90 valence electrons. The molecule has 0 aromatic heterocycles. The van der Waals surface area contributed by atoms with Crippen LogP contribution < -0.4 is 0 Å². The SMILES string of the molecule is CCC=C(C(C)CCC)C(C)CCCC. The van der Waals surface area contributed by atoms with E-state index in [-0.39, 0.29) is 0 Å². The van der Waals surface area contributed by atoms with Crippen molar-refractivity contribution in [3.63, 3.8) is 0 Å². The van der Waals surface area contributed by atoms with E-state index in [2.05, 4.69) is 40.7 Å². The van der Waals surface area contributed by atoms with Gasteiger partial charge in [0, 0.05) is 0 Å². The van der Waals surface area contributed by atoms with Gasteiger partial charge in [-0.05, 0) is 31.1 Å². The van der Waals surface area contributed by atoms with Gasteiger partial charge in [0.1, 0.15) is 0 Å². The molecule has 0 radical (unpaired) electrons. The fraction of sp³-hybridized carbons (Fsp3) is 0.867. The summed E-state index contributed by atoms with van der Waals surface area (Å²) >= 11 is 0. The highest BCUT2D eigenvalue weighted by molar-refractivity contribution is 5.09. The van der Waals surface area contributed by atoms with Crippen molar-refractivity contribution < 1.29 is 0 Å². The van der Waals surface area contributed by atoms with E-state index >= 15 is 0 Å². The summed E-state index contributed by atoms with van der Waals surface area (Å²) in [5, 5.41) is 0.